The highest BCUT2D eigenvalue weighted by atomic mass is 16.3. The Kier molecular flexibility index (Phi) is 5.86. The van der Waals surface area contributed by atoms with Gasteiger partial charge in [0.05, 0.1) is 0 Å². The molecule has 1 aliphatic rings. The minimum atomic E-state index is 0.279. The molecule has 0 amide bonds. The van der Waals surface area contributed by atoms with E-state index >= 15 is 0 Å². The van der Waals surface area contributed by atoms with Crippen molar-refractivity contribution in [3.8, 4) is 5.75 Å². The van der Waals surface area contributed by atoms with E-state index in [4.69, 9.17) is 5.11 Å². The minimum Gasteiger partial charge on any atom is -0.508 e. The van der Waals surface area contributed by atoms with E-state index in [1.165, 1.54) is 30.4 Å². The van der Waals surface area contributed by atoms with Crippen LogP contribution in [-0.2, 0) is 6.42 Å². The molecule has 112 valence electrons. The van der Waals surface area contributed by atoms with Crippen molar-refractivity contribution < 1.29 is 10.2 Å². The number of aryl methyl sites for hydroxylation is 1. The van der Waals surface area contributed by atoms with Crippen LogP contribution in [0.2, 0.25) is 0 Å². The molecule has 2 atom stereocenters. The summed E-state index contributed by atoms with van der Waals surface area (Å²) >= 11 is 0. The number of rotatable bonds is 7. The zero-order chi connectivity index (χ0) is 14.4. The maximum absolute atomic E-state index is 9.58. The largest absolute Gasteiger partial charge is 0.508 e. The Labute approximate surface area is 122 Å². The van der Waals surface area contributed by atoms with Gasteiger partial charge >= 0.3 is 0 Å². The molecule has 2 rings (SSSR count). The van der Waals surface area contributed by atoms with Crippen LogP contribution >= 0.6 is 0 Å². The van der Waals surface area contributed by atoms with E-state index in [9.17, 15) is 5.11 Å². The van der Waals surface area contributed by atoms with Crippen LogP contribution in [0.3, 0.4) is 0 Å². The Balaban J connectivity index is 1.97. The molecule has 1 aromatic carbocycles. The van der Waals surface area contributed by atoms with Gasteiger partial charge in [-0.05, 0) is 67.8 Å². The van der Waals surface area contributed by atoms with Crippen molar-refractivity contribution in [2.75, 3.05) is 13.2 Å². The SMILES string of the molecule is CCCC(CCO)CNC1CCCc2cc(O)ccc21. The second kappa shape index (κ2) is 7.65. The Morgan fingerprint density at radius 1 is 1.35 bits per heavy atom. The molecular weight excluding hydrogens is 250 g/mol. The maximum atomic E-state index is 9.58. The van der Waals surface area contributed by atoms with Gasteiger partial charge in [0.2, 0.25) is 0 Å². The highest BCUT2D eigenvalue weighted by Crippen LogP contribution is 2.32. The first-order valence-corrected chi connectivity index (χ1v) is 7.90. The molecule has 3 N–H and O–H groups in total. The zero-order valence-electron chi connectivity index (χ0n) is 12.4. The second-order valence-electron chi connectivity index (χ2n) is 5.90. The summed E-state index contributed by atoms with van der Waals surface area (Å²) in [7, 11) is 0. The Morgan fingerprint density at radius 3 is 2.95 bits per heavy atom. The lowest BCUT2D eigenvalue weighted by atomic mass is 9.87. The minimum absolute atomic E-state index is 0.279. The predicted molar refractivity (Wildman–Crippen MR) is 81.9 cm³/mol. The Hall–Kier alpha value is -1.06. The summed E-state index contributed by atoms with van der Waals surface area (Å²) in [6.07, 6.45) is 6.62. The summed E-state index contributed by atoms with van der Waals surface area (Å²) in [5, 5.41) is 22.4. The van der Waals surface area contributed by atoms with Gasteiger partial charge in [-0.25, -0.2) is 0 Å². The molecule has 0 radical (unpaired) electrons. The lowest BCUT2D eigenvalue weighted by Gasteiger charge is -2.28. The number of fused-ring (bicyclic) bond motifs is 1. The Bertz CT molecular complexity index is 413. The van der Waals surface area contributed by atoms with E-state index in [0.29, 0.717) is 17.7 Å². The molecular formula is C17H27NO2. The monoisotopic (exact) mass is 277 g/mol. The van der Waals surface area contributed by atoms with Gasteiger partial charge in [0.1, 0.15) is 5.75 Å². The lowest BCUT2D eigenvalue weighted by Crippen LogP contribution is -2.30. The van der Waals surface area contributed by atoms with Crippen LogP contribution in [0, 0.1) is 5.92 Å². The summed E-state index contributed by atoms with van der Waals surface area (Å²) in [4.78, 5) is 0. The number of phenols is 1. The quantitative estimate of drug-likeness (QED) is 0.717. The first kappa shape index (κ1) is 15.3. The fraction of sp³-hybridized carbons (Fsp3) is 0.647. The predicted octanol–water partition coefficient (Wildman–Crippen LogP) is 3.16. The zero-order valence-corrected chi connectivity index (χ0v) is 12.4. The highest BCUT2D eigenvalue weighted by Gasteiger charge is 2.21. The van der Waals surface area contributed by atoms with Gasteiger partial charge in [0.15, 0.2) is 0 Å². The third-order valence-electron chi connectivity index (χ3n) is 4.33. The number of aromatic hydroxyl groups is 1. The van der Waals surface area contributed by atoms with Gasteiger partial charge in [-0.2, -0.15) is 0 Å². The number of aliphatic hydroxyl groups excluding tert-OH is 1. The third kappa shape index (κ3) is 3.97. The number of benzene rings is 1. The average molecular weight is 277 g/mol. The number of hydrogen-bond acceptors (Lipinski definition) is 3. The summed E-state index contributed by atoms with van der Waals surface area (Å²) in [5.41, 5.74) is 2.62. The number of phenolic OH excluding ortho intramolecular Hbond substituents is 1. The molecule has 20 heavy (non-hydrogen) atoms. The van der Waals surface area contributed by atoms with Gasteiger partial charge in [-0.15, -0.1) is 0 Å². The summed E-state index contributed by atoms with van der Waals surface area (Å²) in [6.45, 7) is 3.45. The van der Waals surface area contributed by atoms with E-state index in [0.717, 1.165) is 25.8 Å². The lowest BCUT2D eigenvalue weighted by molar-refractivity contribution is 0.243. The summed E-state index contributed by atoms with van der Waals surface area (Å²) < 4.78 is 0. The van der Waals surface area contributed by atoms with Crippen LogP contribution in [0.15, 0.2) is 18.2 Å². The van der Waals surface area contributed by atoms with E-state index in [1.54, 1.807) is 6.07 Å². The van der Waals surface area contributed by atoms with E-state index in [1.807, 2.05) is 6.07 Å². The second-order valence-corrected chi connectivity index (χ2v) is 5.90. The molecule has 3 nitrogen and oxygen atoms in total. The van der Waals surface area contributed by atoms with Gasteiger partial charge in [-0.3, -0.25) is 0 Å². The number of aliphatic hydroxyl groups is 1. The van der Waals surface area contributed by atoms with Crippen molar-refractivity contribution in [3.63, 3.8) is 0 Å². The molecule has 0 aliphatic heterocycles. The van der Waals surface area contributed by atoms with Crippen LogP contribution in [0.5, 0.6) is 5.75 Å². The van der Waals surface area contributed by atoms with Crippen molar-refractivity contribution in [3.05, 3.63) is 29.3 Å². The van der Waals surface area contributed by atoms with E-state index in [-0.39, 0.29) is 6.61 Å². The molecule has 0 saturated carbocycles. The molecule has 0 aromatic heterocycles. The Morgan fingerprint density at radius 2 is 2.20 bits per heavy atom. The molecule has 1 aromatic rings. The molecule has 1 aliphatic carbocycles. The maximum Gasteiger partial charge on any atom is 0.115 e. The first-order chi connectivity index (χ1) is 9.74. The van der Waals surface area contributed by atoms with E-state index < -0.39 is 0 Å². The van der Waals surface area contributed by atoms with Crippen LogP contribution in [0.25, 0.3) is 0 Å². The van der Waals surface area contributed by atoms with Crippen molar-refractivity contribution in [1.29, 1.82) is 0 Å². The van der Waals surface area contributed by atoms with E-state index in [2.05, 4.69) is 18.3 Å². The standard InChI is InChI=1S/C17H27NO2/c1-2-4-13(9-10-19)12-18-17-6-3-5-14-11-15(20)7-8-16(14)17/h7-8,11,13,17-20H,2-6,9-10,12H2,1H3. The fourth-order valence-electron chi connectivity index (χ4n) is 3.26. The van der Waals surface area contributed by atoms with Crippen molar-refractivity contribution in [2.45, 2.75) is 51.5 Å². The van der Waals surface area contributed by atoms with Crippen LogP contribution in [0.1, 0.15) is 56.2 Å². The summed E-state index contributed by atoms with van der Waals surface area (Å²) in [6, 6.07) is 6.15. The highest BCUT2D eigenvalue weighted by molar-refractivity contribution is 5.38. The number of hydrogen-bond donors (Lipinski definition) is 3. The summed E-state index contributed by atoms with van der Waals surface area (Å²) in [5.74, 6) is 0.932. The van der Waals surface area contributed by atoms with Crippen LogP contribution in [-0.4, -0.2) is 23.4 Å². The molecule has 0 saturated heterocycles. The topological polar surface area (TPSA) is 52.5 Å². The third-order valence-corrected chi connectivity index (χ3v) is 4.33. The average Bonchev–Trinajstić information content (AvgIpc) is 2.44. The van der Waals surface area contributed by atoms with Crippen molar-refractivity contribution >= 4 is 0 Å². The smallest absolute Gasteiger partial charge is 0.115 e. The molecule has 0 fully saturated rings. The molecule has 3 heteroatoms. The molecule has 0 bridgehead atoms. The first-order valence-electron chi connectivity index (χ1n) is 7.90. The fourth-order valence-corrected chi connectivity index (χ4v) is 3.26. The van der Waals surface area contributed by atoms with Crippen molar-refractivity contribution in [1.82, 2.24) is 5.32 Å². The van der Waals surface area contributed by atoms with Crippen LogP contribution < -0.4 is 5.32 Å². The molecule has 2 unspecified atom stereocenters. The normalized spacial score (nSPS) is 19.6. The molecule has 0 heterocycles. The van der Waals surface area contributed by atoms with Gasteiger partial charge < -0.3 is 15.5 Å². The van der Waals surface area contributed by atoms with Gasteiger partial charge in [0.25, 0.3) is 0 Å². The van der Waals surface area contributed by atoms with Crippen LogP contribution in [0.4, 0.5) is 0 Å². The van der Waals surface area contributed by atoms with Gasteiger partial charge in [-0.1, -0.05) is 19.4 Å². The molecule has 0 spiro atoms. The van der Waals surface area contributed by atoms with Crippen molar-refractivity contribution in [2.24, 2.45) is 5.92 Å². The number of nitrogens with one attached hydrogen (secondary N) is 1. The van der Waals surface area contributed by atoms with Gasteiger partial charge in [0, 0.05) is 12.6 Å².